The fourth-order valence-electron chi connectivity index (χ4n) is 4.15. The van der Waals surface area contributed by atoms with Gasteiger partial charge in [-0.1, -0.05) is 46.4 Å². The zero-order chi connectivity index (χ0) is 20.8. The maximum atomic E-state index is 13.2. The Labute approximate surface area is 189 Å². The first-order valence-corrected chi connectivity index (χ1v) is 10.2. The van der Waals surface area contributed by atoms with Crippen LogP contribution in [0.1, 0.15) is 6.92 Å². The SMILES string of the molecule is CC(=O)Nc1ccc(N2C(=O)[C@@H]3[C@H](C2=O)[C@@]2(Cl)C(Cl)=C(Cl)[C@@]3(Cl)C2(Cl)Cl)cc1. The highest BCUT2D eigenvalue weighted by atomic mass is 35.5. The Morgan fingerprint density at radius 1 is 0.929 bits per heavy atom. The van der Waals surface area contributed by atoms with Gasteiger partial charge in [0.2, 0.25) is 17.7 Å². The molecule has 11 heteroatoms. The lowest BCUT2D eigenvalue weighted by Crippen LogP contribution is -2.50. The number of hydrogen-bond donors (Lipinski definition) is 1. The summed E-state index contributed by atoms with van der Waals surface area (Å²) in [6.07, 6.45) is 0. The van der Waals surface area contributed by atoms with Crippen molar-refractivity contribution in [2.24, 2.45) is 11.8 Å². The van der Waals surface area contributed by atoms with Gasteiger partial charge in [-0.05, 0) is 24.3 Å². The molecule has 1 aromatic rings. The molecular formula is C17H10Cl6N2O3. The number of amides is 3. The van der Waals surface area contributed by atoms with Gasteiger partial charge >= 0.3 is 0 Å². The van der Waals surface area contributed by atoms with Crippen molar-refractivity contribution in [1.82, 2.24) is 0 Å². The summed E-state index contributed by atoms with van der Waals surface area (Å²) < 4.78 is -1.96. The highest BCUT2D eigenvalue weighted by Crippen LogP contribution is 2.77. The zero-order valence-electron chi connectivity index (χ0n) is 13.9. The maximum absolute atomic E-state index is 13.2. The summed E-state index contributed by atoms with van der Waals surface area (Å²) in [6, 6.07) is 6.13. The number of allylic oxidation sites excluding steroid dienone is 2. The fraction of sp³-hybridized carbons (Fsp3) is 0.353. The van der Waals surface area contributed by atoms with Crippen molar-refractivity contribution < 1.29 is 14.4 Å². The molecule has 0 unspecified atom stereocenters. The van der Waals surface area contributed by atoms with Crippen LogP contribution in [0.2, 0.25) is 0 Å². The molecule has 2 fully saturated rings. The van der Waals surface area contributed by atoms with Crippen molar-refractivity contribution >= 4 is 98.7 Å². The van der Waals surface area contributed by atoms with Crippen molar-refractivity contribution in [3.05, 3.63) is 34.3 Å². The zero-order valence-corrected chi connectivity index (χ0v) is 18.4. The molecule has 1 heterocycles. The van der Waals surface area contributed by atoms with E-state index in [2.05, 4.69) is 5.32 Å². The Kier molecular flexibility index (Phi) is 4.53. The Morgan fingerprint density at radius 3 is 1.75 bits per heavy atom. The van der Waals surface area contributed by atoms with Crippen LogP contribution < -0.4 is 10.2 Å². The monoisotopic (exact) mass is 500 g/mol. The number of anilines is 2. The van der Waals surface area contributed by atoms with Crippen LogP contribution in [0.15, 0.2) is 34.3 Å². The highest BCUT2D eigenvalue weighted by molar-refractivity contribution is 6.67. The van der Waals surface area contributed by atoms with Gasteiger partial charge in [-0.25, -0.2) is 4.90 Å². The molecule has 1 N–H and O–H groups in total. The van der Waals surface area contributed by atoms with Crippen LogP contribution in [-0.2, 0) is 14.4 Å². The molecule has 148 valence electrons. The summed E-state index contributed by atoms with van der Waals surface area (Å²) in [5, 5.41) is 2.32. The summed E-state index contributed by atoms with van der Waals surface area (Å²) in [7, 11) is 0. The van der Waals surface area contributed by atoms with Gasteiger partial charge in [0.05, 0.1) is 27.6 Å². The van der Waals surface area contributed by atoms with E-state index in [9.17, 15) is 14.4 Å². The second-order valence-electron chi connectivity index (χ2n) is 6.82. The number of nitrogens with one attached hydrogen (secondary N) is 1. The quantitative estimate of drug-likeness (QED) is 0.475. The fourth-order valence-corrected chi connectivity index (χ4v) is 7.08. The Bertz CT molecular complexity index is 932. The van der Waals surface area contributed by atoms with E-state index in [1.165, 1.54) is 19.1 Å². The normalized spacial score (nSPS) is 35.6. The van der Waals surface area contributed by atoms with Gasteiger partial charge in [-0.2, -0.15) is 0 Å². The molecule has 1 aromatic carbocycles. The minimum Gasteiger partial charge on any atom is -0.326 e. The summed E-state index contributed by atoms with van der Waals surface area (Å²) in [6.45, 7) is 1.36. The minimum atomic E-state index is -1.96. The molecule has 3 aliphatic rings. The lowest BCUT2D eigenvalue weighted by atomic mass is 9.84. The van der Waals surface area contributed by atoms with Crippen LogP contribution in [-0.4, -0.2) is 31.8 Å². The molecule has 0 radical (unpaired) electrons. The predicted molar refractivity (Wildman–Crippen MR) is 111 cm³/mol. The molecular weight excluding hydrogens is 493 g/mol. The summed E-state index contributed by atoms with van der Waals surface area (Å²) >= 11 is 38.7. The minimum absolute atomic E-state index is 0.138. The maximum Gasteiger partial charge on any atom is 0.240 e. The molecule has 2 aliphatic carbocycles. The second kappa shape index (κ2) is 6.16. The van der Waals surface area contributed by atoms with Crippen molar-refractivity contribution in [2.75, 3.05) is 10.2 Å². The number of nitrogens with zero attached hydrogens (tertiary/aromatic N) is 1. The number of hydrogen-bond acceptors (Lipinski definition) is 3. The standard InChI is InChI=1S/C17H10Cl6N2O3/c1-6(26)24-7-2-4-8(5-3-7)25-13(27)9-10(14(25)28)16(21)12(19)11(18)15(9,20)17(16,22)23/h2-5,9-10H,1H3,(H,24,26)/t9-,10+,15-,16-/m1/s1. The van der Waals surface area contributed by atoms with Gasteiger partial charge in [-0.15, -0.1) is 23.2 Å². The molecule has 4 rings (SSSR count). The molecule has 28 heavy (non-hydrogen) atoms. The molecule has 1 saturated heterocycles. The van der Waals surface area contributed by atoms with Gasteiger partial charge in [0.25, 0.3) is 0 Å². The van der Waals surface area contributed by atoms with Gasteiger partial charge < -0.3 is 5.32 Å². The Morgan fingerprint density at radius 2 is 1.36 bits per heavy atom. The molecule has 3 amide bonds. The Hall–Kier alpha value is -0.690. The van der Waals surface area contributed by atoms with Crippen LogP contribution in [0.3, 0.4) is 0 Å². The third-order valence-electron chi connectivity index (χ3n) is 5.35. The number of imide groups is 1. The van der Waals surface area contributed by atoms with Crippen molar-refractivity contribution in [2.45, 2.75) is 21.0 Å². The summed E-state index contributed by atoms with van der Waals surface area (Å²) in [5.41, 5.74) is 0.784. The number of fused-ring (bicyclic) bond motifs is 5. The topological polar surface area (TPSA) is 66.5 Å². The average Bonchev–Trinajstić information content (AvgIpc) is 3.00. The number of rotatable bonds is 2. The molecule has 4 atom stereocenters. The third kappa shape index (κ3) is 2.16. The molecule has 1 aliphatic heterocycles. The third-order valence-corrected chi connectivity index (χ3v) is 9.61. The largest absolute Gasteiger partial charge is 0.326 e. The first kappa shape index (κ1) is 20.6. The van der Waals surface area contributed by atoms with Crippen LogP contribution >= 0.6 is 69.6 Å². The van der Waals surface area contributed by atoms with E-state index in [0.717, 1.165) is 4.90 Å². The van der Waals surface area contributed by atoms with E-state index in [-0.39, 0.29) is 21.7 Å². The predicted octanol–water partition coefficient (Wildman–Crippen LogP) is 4.60. The van der Waals surface area contributed by atoms with Crippen molar-refractivity contribution in [3.8, 4) is 0 Å². The molecule has 0 aromatic heterocycles. The average molecular weight is 503 g/mol. The Balaban J connectivity index is 1.78. The van der Waals surface area contributed by atoms with E-state index >= 15 is 0 Å². The van der Waals surface area contributed by atoms with Crippen LogP contribution in [0.4, 0.5) is 11.4 Å². The van der Waals surface area contributed by atoms with Gasteiger partial charge in [0.1, 0.15) is 9.75 Å². The number of carbonyl (C=O) groups excluding carboxylic acids is 3. The van der Waals surface area contributed by atoms with E-state index in [1.807, 2.05) is 0 Å². The van der Waals surface area contributed by atoms with Gasteiger partial charge in [-0.3, -0.25) is 14.4 Å². The van der Waals surface area contributed by atoms with E-state index < -0.39 is 37.7 Å². The van der Waals surface area contributed by atoms with E-state index in [4.69, 9.17) is 69.6 Å². The van der Waals surface area contributed by atoms with Crippen molar-refractivity contribution in [1.29, 1.82) is 0 Å². The van der Waals surface area contributed by atoms with E-state index in [0.29, 0.717) is 5.69 Å². The summed E-state index contributed by atoms with van der Waals surface area (Å²) in [5.74, 6) is -3.88. The first-order chi connectivity index (χ1) is 12.9. The number of benzene rings is 1. The van der Waals surface area contributed by atoms with Crippen LogP contribution in [0, 0.1) is 11.8 Å². The second-order valence-corrected chi connectivity index (χ2v) is 10.1. The lowest BCUT2D eigenvalue weighted by molar-refractivity contribution is -0.123. The number of alkyl halides is 4. The van der Waals surface area contributed by atoms with Crippen LogP contribution in [0.5, 0.6) is 0 Å². The van der Waals surface area contributed by atoms with Crippen LogP contribution in [0.25, 0.3) is 0 Å². The molecule has 2 bridgehead atoms. The molecule has 5 nitrogen and oxygen atoms in total. The van der Waals surface area contributed by atoms with E-state index in [1.54, 1.807) is 12.1 Å². The molecule has 1 saturated carbocycles. The van der Waals surface area contributed by atoms with Gasteiger partial charge in [0.15, 0.2) is 4.33 Å². The number of carbonyl (C=O) groups is 3. The lowest BCUT2D eigenvalue weighted by Gasteiger charge is -2.34. The summed E-state index contributed by atoms with van der Waals surface area (Å²) in [4.78, 5) is 34.8. The van der Waals surface area contributed by atoms with Gasteiger partial charge in [0, 0.05) is 12.6 Å². The smallest absolute Gasteiger partial charge is 0.240 e. The van der Waals surface area contributed by atoms with Crippen molar-refractivity contribution in [3.63, 3.8) is 0 Å². The number of halogens is 6. The highest BCUT2D eigenvalue weighted by Gasteiger charge is 2.87. The first-order valence-electron chi connectivity index (χ1n) is 7.98. The molecule has 0 spiro atoms.